The number of rotatable bonds is 3. The van der Waals surface area contributed by atoms with E-state index >= 15 is 0 Å². The molecule has 2 N–H and O–H groups in total. The van der Waals surface area contributed by atoms with Crippen molar-refractivity contribution < 1.29 is 9.90 Å². The normalized spacial score (nSPS) is 18.9. The third kappa shape index (κ3) is 2.13. The average Bonchev–Trinajstić information content (AvgIpc) is 3.21. The van der Waals surface area contributed by atoms with Crippen LogP contribution in [0.1, 0.15) is 28.9 Å². The van der Waals surface area contributed by atoms with Crippen molar-refractivity contribution in [2.45, 2.75) is 25.4 Å². The van der Waals surface area contributed by atoms with Crippen molar-refractivity contribution in [1.29, 1.82) is 0 Å². The first-order valence-electron chi connectivity index (χ1n) is 8.61. The number of aromatic nitrogens is 5. The molecule has 3 aromatic heterocycles. The van der Waals surface area contributed by atoms with Crippen molar-refractivity contribution in [1.82, 2.24) is 29.3 Å². The molecule has 5 rings (SSSR count). The summed E-state index contributed by atoms with van der Waals surface area (Å²) in [6.07, 6.45) is 5.23. The number of amides is 1. The Morgan fingerprint density at radius 2 is 2.15 bits per heavy atom. The molecule has 0 unspecified atom stereocenters. The highest BCUT2D eigenvalue weighted by atomic mass is 16.3. The molecule has 0 spiro atoms. The molecule has 0 atom stereocenters. The highest BCUT2D eigenvalue weighted by molar-refractivity contribution is 5.95. The van der Waals surface area contributed by atoms with Crippen molar-refractivity contribution in [2.75, 3.05) is 13.1 Å². The lowest BCUT2D eigenvalue weighted by atomic mass is 9.88. The van der Waals surface area contributed by atoms with Gasteiger partial charge in [-0.05, 0) is 37.8 Å². The molecule has 9 heteroatoms. The minimum atomic E-state index is -0.716. The van der Waals surface area contributed by atoms with Gasteiger partial charge < -0.3 is 10.0 Å². The molecule has 1 saturated carbocycles. The summed E-state index contributed by atoms with van der Waals surface area (Å²) in [4.78, 5) is 29.2. The van der Waals surface area contributed by atoms with Gasteiger partial charge in [-0.25, -0.2) is 9.20 Å². The summed E-state index contributed by atoms with van der Waals surface area (Å²) in [7, 11) is 0. The molecule has 0 bridgehead atoms. The van der Waals surface area contributed by atoms with Crippen LogP contribution in [-0.2, 0) is 0 Å². The first kappa shape index (κ1) is 15.3. The predicted molar refractivity (Wildman–Crippen MR) is 91.2 cm³/mol. The summed E-state index contributed by atoms with van der Waals surface area (Å²) < 4.78 is 2.92. The van der Waals surface area contributed by atoms with Crippen molar-refractivity contribution in [3.8, 4) is 5.95 Å². The Kier molecular flexibility index (Phi) is 2.97. The number of carbonyl (C=O) groups is 1. The van der Waals surface area contributed by atoms with Crippen molar-refractivity contribution in [2.24, 2.45) is 5.92 Å². The Hall–Kier alpha value is -2.94. The molecule has 2 fully saturated rings. The molecule has 1 aliphatic carbocycles. The monoisotopic (exact) mass is 354 g/mol. The Bertz CT molecular complexity index is 1080. The Labute approximate surface area is 147 Å². The van der Waals surface area contributed by atoms with Crippen LogP contribution >= 0.6 is 0 Å². The van der Waals surface area contributed by atoms with Crippen LogP contribution < -0.4 is 5.56 Å². The summed E-state index contributed by atoms with van der Waals surface area (Å²) in [6, 6.07) is 3.41. The van der Waals surface area contributed by atoms with Crippen LogP contribution in [0, 0.1) is 12.8 Å². The van der Waals surface area contributed by atoms with Crippen LogP contribution in [0.2, 0.25) is 0 Å². The zero-order valence-corrected chi connectivity index (χ0v) is 14.2. The fourth-order valence-electron chi connectivity index (χ4n) is 3.67. The van der Waals surface area contributed by atoms with E-state index in [1.54, 1.807) is 30.2 Å². The van der Waals surface area contributed by atoms with Gasteiger partial charge in [-0.15, -0.1) is 5.10 Å². The molecular formula is C17H18N6O3. The van der Waals surface area contributed by atoms with E-state index in [9.17, 15) is 14.7 Å². The maximum Gasteiger partial charge on any atom is 0.276 e. The van der Waals surface area contributed by atoms with E-state index in [4.69, 9.17) is 0 Å². The quantitative estimate of drug-likeness (QED) is 0.694. The summed E-state index contributed by atoms with van der Waals surface area (Å²) in [6.45, 7) is 2.49. The number of carbonyl (C=O) groups excluding carboxylic acids is 1. The van der Waals surface area contributed by atoms with Gasteiger partial charge in [0.25, 0.3) is 11.5 Å². The zero-order chi connectivity index (χ0) is 18.1. The second-order valence-electron chi connectivity index (χ2n) is 7.21. The number of nitrogens with zero attached hydrogens (tertiary/aromatic N) is 5. The molecule has 1 amide bonds. The lowest BCUT2D eigenvalue weighted by molar-refractivity contribution is -0.0958. The highest BCUT2D eigenvalue weighted by Gasteiger charge is 2.53. The van der Waals surface area contributed by atoms with Crippen LogP contribution in [0.15, 0.2) is 29.3 Å². The van der Waals surface area contributed by atoms with E-state index < -0.39 is 5.60 Å². The second kappa shape index (κ2) is 5.04. The van der Waals surface area contributed by atoms with Crippen molar-refractivity contribution in [3.05, 3.63) is 46.1 Å². The molecular weight excluding hydrogens is 336 g/mol. The number of aliphatic hydroxyl groups is 1. The minimum Gasteiger partial charge on any atom is -0.386 e. The second-order valence-corrected chi connectivity index (χ2v) is 7.21. The summed E-state index contributed by atoms with van der Waals surface area (Å²) in [5.74, 6) is 0.412. The smallest absolute Gasteiger partial charge is 0.276 e. The molecule has 0 aromatic carbocycles. The Morgan fingerprint density at radius 3 is 2.88 bits per heavy atom. The van der Waals surface area contributed by atoms with E-state index in [2.05, 4.69) is 15.2 Å². The number of nitrogens with one attached hydrogen (secondary N) is 1. The summed E-state index contributed by atoms with van der Waals surface area (Å²) >= 11 is 0. The van der Waals surface area contributed by atoms with Gasteiger partial charge in [-0.3, -0.25) is 14.6 Å². The maximum atomic E-state index is 12.7. The van der Waals surface area contributed by atoms with Crippen molar-refractivity contribution >= 4 is 11.4 Å². The zero-order valence-electron chi connectivity index (χ0n) is 14.2. The van der Waals surface area contributed by atoms with Gasteiger partial charge >= 0.3 is 0 Å². The molecule has 2 aliphatic rings. The molecule has 1 saturated heterocycles. The Morgan fingerprint density at radius 1 is 1.38 bits per heavy atom. The van der Waals surface area contributed by atoms with Gasteiger partial charge in [0, 0.05) is 6.20 Å². The summed E-state index contributed by atoms with van der Waals surface area (Å²) in [5, 5.41) is 19.0. The lowest BCUT2D eigenvalue weighted by Gasteiger charge is -2.46. The standard InChI is InChI=1S/C17H18N6O3/c1-10-12(15(25)21-8-17(26,9-21)11-4-5-11)7-18-23(10)16-19-14(24)13-3-2-6-22(13)20-16/h2-3,6-7,11,26H,4-5,8-9H2,1H3,(H,19,20,24). The number of hydrogen-bond donors (Lipinski definition) is 2. The first-order chi connectivity index (χ1) is 12.5. The number of hydrogen-bond acceptors (Lipinski definition) is 5. The average molecular weight is 354 g/mol. The molecule has 9 nitrogen and oxygen atoms in total. The molecule has 1 aliphatic heterocycles. The van der Waals surface area contributed by atoms with Crippen LogP contribution in [0.3, 0.4) is 0 Å². The third-order valence-corrected chi connectivity index (χ3v) is 5.38. The highest BCUT2D eigenvalue weighted by Crippen LogP contribution is 2.44. The van der Waals surface area contributed by atoms with Crippen molar-refractivity contribution in [3.63, 3.8) is 0 Å². The van der Waals surface area contributed by atoms with E-state index in [0.717, 1.165) is 12.8 Å². The van der Waals surface area contributed by atoms with Crippen LogP contribution in [0.4, 0.5) is 0 Å². The Balaban J connectivity index is 1.44. The van der Waals surface area contributed by atoms with E-state index in [0.29, 0.717) is 35.8 Å². The van der Waals surface area contributed by atoms with Gasteiger partial charge in [-0.1, -0.05) is 0 Å². The van der Waals surface area contributed by atoms with Gasteiger partial charge in [0.2, 0.25) is 5.95 Å². The van der Waals surface area contributed by atoms with E-state index in [1.165, 1.54) is 15.4 Å². The maximum absolute atomic E-state index is 12.7. The van der Waals surface area contributed by atoms with Gasteiger partial charge in [0.05, 0.1) is 30.5 Å². The predicted octanol–water partition coefficient (Wildman–Crippen LogP) is 0.114. The molecule has 26 heavy (non-hydrogen) atoms. The molecule has 0 radical (unpaired) electrons. The molecule has 4 heterocycles. The van der Waals surface area contributed by atoms with Crippen LogP contribution in [0.5, 0.6) is 0 Å². The molecule has 3 aromatic rings. The number of fused-ring (bicyclic) bond motifs is 1. The van der Waals surface area contributed by atoms with E-state index in [1.807, 2.05) is 0 Å². The van der Waals surface area contributed by atoms with E-state index in [-0.39, 0.29) is 17.4 Å². The van der Waals surface area contributed by atoms with Crippen LogP contribution in [0.25, 0.3) is 11.5 Å². The number of β-amino-alcohol motifs (C(OH)–C–C–N with tert-alkyl or cyclic N) is 1. The topological polar surface area (TPSA) is 109 Å². The van der Waals surface area contributed by atoms with Gasteiger partial charge in [0.1, 0.15) is 11.1 Å². The van der Waals surface area contributed by atoms with Gasteiger partial charge in [-0.2, -0.15) is 5.10 Å². The first-order valence-corrected chi connectivity index (χ1v) is 8.61. The number of likely N-dealkylation sites (tertiary alicyclic amines) is 1. The largest absolute Gasteiger partial charge is 0.386 e. The SMILES string of the molecule is Cc1c(C(=O)N2CC(O)(C3CC3)C2)cnn1-c1nn2cccc2c(=O)[nH]1. The van der Waals surface area contributed by atoms with Gasteiger partial charge in [0.15, 0.2) is 0 Å². The fourth-order valence-corrected chi connectivity index (χ4v) is 3.67. The fraction of sp³-hybridized carbons (Fsp3) is 0.412. The summed E-state index contributed by atoms with van der Waals surface area (Å²) in [5.41, 5.74) is 0.477. The molecule has 134 valence electrons. The minimum absolute atomic E-state index is 0.163. The van der Waals surface area contributed by atoms with Crippen LogP contribution in [-0.4, -0.2) is 59.0 Å². The third-order valence-electron chi connectivity index (χ3n) is 5.38. The number of aromatic amines is 1. The number of H-pyrrole nitrogens is 1. The lowest BCUT2D eigenvalue weighted by Crippen LogP contribution is -2.64.